The maximum atomic E-state index is 15.6. The second kappa shape index (κ2) is 9.77. The Morgan fingerprint density at radius 1 is 1.06 bits per heavy atom. The molecule has 3 aromatic rings. The van der Waals surface area contributed by atoms with E-state index in [1.54, 1.807) is 11.8 Å². The van der Waals surface area contributed by atoms with E-state index < -0.39 is 6.17 Å². The Hall–Kier alpha value is -2.47. The van der Waals surface area contributed by atoms with E-state index in [0.717, 1.165) is 47.5 Å². The van der Waals surface area contributed by atoms with Gasteiger partial charge in [0, 0.05) is 48.8 Å². The van der Waals surface area contributed by atoms with Crippen molar-refractivity contribution in [1.29, 1.82) is 0 Å². The van der Waals surface area contributed by atoms with Gasteiger partial charge < -0.3 is 19.1 Å². The highest BCUT2D eigenvalue weighted by Gasteiger charge is 2.41. The fraction of sp³-hybridized carbons (Fsp3) is 0.560. The number of rotatable bonds is 5. The number of anilines is 1. The zero-order valence-electron chi connectivity index (χ0n) is 20.5. The van der Waals surface area contributed by atoms with Crippen LogP contribution in [0.5, 0.6) is 6.01 Å². The molecule has 2 unspecified atom stereocenters. The van der Waals surface area contributed by atoms with Crippen molar-refractivity contribution in [2.75, 3.05) is 64.6 Å². The third-order valence-corrected chi connectivity index (χ3v) is 7.98. The Balaban J connectivity index is 1.37. The zero-order chi connectivity index (χ0) is 24.8. The van der Waals surface area contributed by atoms with Crippen LogP contribution in [0.3, 0.4) is 0 Å². The van der Waals surface area contributed by atoms with E-state index in [-0.39, 0.29) is 17.2 Å². The van der Waals surface area contributed by atoms with Crippen molar-refractivity contribution in [3.05, 3.63) is 35.5 Å². The number of halogens is 1. The van der Waals surface area contributed by atoms with E-state index in [9.17, 15) is 0 Å². The van der Waals surface area contributed by atoms with Crippen molar-refractivity contribution in [2.24, 2.45) is 0 Å². The molecule has 3 aliphatic rings. The fourth-order valence-corrected chi connectivity index (χ4v) is 6.00. The molecule has 3 saturated heterocycles. The summed E-state index contributed by atoms with van der Waals surface area (Å²) in [6.07, 6.45) is 0.806. The van der Waals surface area contributed by atoms with Crippen molar-refractivity contribution in [2.45, 2.75) is 30.3 Å². The molecular weight excluding hydrogens is 483 g/mol. The van der Waals surface area contributed by atoms with Crippen molar-refractivity contribution in [1.82, 2.24) is 24.6 Å². The monoisotopic (exact) mass is 514 g/mol. The van der Waals surface area contributed by atoms with Crippen molar-refractivity contribution >= 4 is 29.3 Å². The number of hydrogen-bond acceptors (Lipinski definition) is 9. The van der Waals surface area contributed by atoms with Crippen LogP contribution in [0.15, 0.2) is 24.4 Å². The normalized spacial score (nSPS) is 25.8. The quantitative estimate of drug-likeness (QED) is 0.521. The summed E-state index contributed by atoms with van der Waals surface area (Å²) in [6, 6.07) is 6.63. The van der Waals surface area contributed by atoms with Gasteiger partial charge in [0.25, 0.3) is 0 Å². The molecule has 192 valence electrons. The van der Waals surface area contributed by atoms with Crippen LogP contribution in [0.1, 0.15) is 17.0 Å². The first-order valence-electron chi connectivity index (χ1n) is 12.4. The smallest absolute Gasteiger partial charge is 0.320 e. The number of fused-ring (bicyclic) bond motifs is 1. The molecule has 0 aliphatic carbocycles. The first-order valence-corrected chi connectivity index (χ1v) is 12.9. The summed E-state index contributed by atoms with van der Waals surface area (Å²) >= 11 is 4.87. The van der Waals surface area contributed by atoms with Crippen LogP contribution in [-0.2, 0) is 9.47 Å². The molecule has 6 rings (SSSR count). The molecule has 0 amide bonds. The van der Waals surface area contributed by atoms with Gasteiger partial charge in [0.05, 0.1) is 51.3 Å². The topological polar surface area (TPSA) is 77.8 Å². The number of piperidine rings is 1. The van der Waals surface area contributed by atoms with Gasteiger partial charge >= 0.3 is 6.01 Å². The van der Waals surface area contributed by atoms with Crippen LogP contribution >= 0.6 is 12.6 Å². The minimum Gasteiger partial charge on any atom is -0.467 e. The molecule has 0 radical (unpaired) electrons. The molecule has 3 aliphatic heterocycles. The Morgan fingerprint density at radius 2 is 1.83 bits per heavy atom. The van der Waals surface area contributed by atoms with Gasteiger partial charge in [0.1, 0.15) is 12.0 Å². The van der Waals surface area contributed by atoms with Gasteiger partial charge in [-0.15, -0.1) is 0 Å². The summed E-state index contributed by atoms with van der Waals surface area (Å²) in [5.74, 6) is 1.07. The minimum absolute atomic E-state index is 0.117. The van der Waals surface area contributed by atoms with E-state index in [2.05, 4.69) is 37.0 Å². The second-order valence-corrected chi connectivity index (χ2v) is 10.4. The first kappa shape index (κ1) is 23.9. The Bertz CT molecular complexity index is 1240. The minimum atomic E-state index is -1.01. The lowest BCUT2D eigenvalue weighted by Crippen LogP contribution is -2.57. The number of ether oxygens (including phenoxy) is 3. The van der Waals surface area contributed by atoms with Crippen LogP contribution in [0.2, 0.25) is 0 Å². The molecule has 0 bridgehead atoms. The maximum absolute atomic E-state index is 15.6. The third kappa shape index (κ3) is 4.31. The van der Waals surface area contributed by atoms with E-state index in [4.69, 9.17) is 26.8 Å². The second-order valence-electron chi connectivity index (χ2n) is 9.75. The number of benzene rings is 1. The van der Waals surface area contributed by atoms with E-state index in [1.165, 1.54) is 0 Å². The standard InChI is InChI=1S/C25H31FN6O3S/c1-15-7-16-10-27-32(23-9-22(28-25(29-23)33-2)30-3-5-34-6-4-30)20(16)8-18(15)24-19(26)11-31(12-21(24)36)17-13-35-14-17/h7-10,17,19,21,24,36H,3-6,11-14H2,1-2H3/t19?,21-,24?/m1/s1. The highest BCUT2D eigenvalue weighted by molar-refractivity contribution is 7.81. The highest BCUT2D eigenvalue weighted by Crippen LogP contribution is 2.38. The summed E-state index contributed by atoms with van der Waals surface area (Å²) in [6.45, 7) is 7.33. The molecule has 0 saturated carbocycles. The number of morpholine rings is 1. The van der Waals surface area contributed by atoms with Crippen LogP contribution in [0.25, 0.3) is 16.7 Å². The van der Waals surface area contributed by atoms with E-state index >= 15 is 4.39 Å². The van der Waals surface area contributed by atoms with Gasteiger partial charge in [-0.25, -0.2) is 9.07 Å². The Labute approximate surface area is 214 Å². The molecule has 3 atom stereocenters. The summed E-state index contributed by atoms with van der Waals surface area (Å²) in [4.78, 5) is 13.5. The van der Waals surface area contributed by atoms with E-state index in [1.807, 2.05) is 19.2 Å². The zero-order valence-corrected chi connectivity index (χ0v) is 21.4. The van der Waals surface area contributed by atoms with Gasteiger partial charge in [-0.1, -0.05) is 0 Å². The predicted octanol–water partition coefficient (Wildman–Crippen LogP) is 2.40. The molecule has 0 N–H and O–H groups in total. The van der Waals surface area contributed by atoms with Gasteiger partial charge in [-0.3, -0.25) is 4.90 Å². The molecule has 1 aromatic carbocycles. The number of thiol groups is 1. The van der Waals surface area contributed by atoms with E-state index in [0.29, 0.717) is 44.8 Å². The molecule has 2 aromatic heterocycles. The largest absolute Gasteiger partial charge is 0.467 e. The maximum Gasteiger partial charge on any atom is 0.320 e. The molecule has 11 heteroatoms. The molecule has 9 nitrogen and oxygen atoms in total. The summed E-state index contributed by atoms with van der Waals surface area (Å²) in [7, 11) is 1.56. The number of aryl methyl sites for hydroxylation is 1. The lowest BCUT2D eigenvalue weighted by atomic mass is 9.84. The number of hydrogen-bond donors (Lipinski definition) is 1. The molecule has 36 heavy (non-hydrogen) atoms. The number of methoxy groups -OCH3 is 1. The van der Waals surface area contributed by atoms with Crippen LogP contribution < -0.4 is 9.64 Å². The van der Waals surface area contributed by atoms with Gasteiger partial charge in [-0.2, -0.15) is 27.7 Å². The average molecular weight is 515 g/mol. The SMILES string of the molecule is COc1nc(N2CCOCC2)cc(-n2ncc3cc(C)c(C4C(F)CN(C5COC5)C[C@H]4S)cc32)n1. The summed E-state index contributed by atoms with van der Waals surface area (Å²) in [5, 5.41) is 5.49. The van der Waals surface area contributed by atoms with Crippen molar-refractivity contribution < 1.29 is 18.6 Å². The first-order chi connectivity index (χ1) is 17.5. The third-order valence-electron chi connectivity index (χ3n) is 7.50. The number of nitrogens with zero attached hydrogens (tertiary/aromatic N) is 6. The Morgan fingerprint density at radius 3 is 2.53 bits per heavy atom. The lowest BCUT2D eigenvalue weighted by Gasteiger charge is -2.45. The lowest BCUT2D eigenvalue weighted by molar-refractivity contribution is -0.0795. The molecular formula is C25H31FN6O3S. The Kier molecular flexibility index (Phi) is 6.49. The highest BCUT2D eigenvalue weighted by atomic mass is 32.1. The van der Waals surface area contributed by atoms with Crippen LogP contribution in [0.4, 0.5) is 10.2 Å². The average Bonchev–Trinajstić information content (AvgIpc) is 3.25. The fourth-order valence-electron chi connectivity index (χ4n) is 5.44. The van der Waals surface area contributed by atoms with Crippen LogP contribution in [0, 0.1) is 6.92 Å². The van der Waals surface area contributed by atoms with Crippen molar-refractivity contribution in [3.63, 3.8) is 0 Å². The molecule has 5 heterocycles. The molecule has 0 spiro atoms. The number of alkyl halides is 1. The molecule has 3 fully saturated rings. The number of likely N-dealkylation sites (tertiary alicyclic amines) is 1. The predicted molar refractivity (Wildman–Crippen MR) is 138 cm³/mol. The summed E-state index contributed by atoms with van der Waals surface area (Å²) in [5.41, 5.74) is 2.88. The van der Waals surface area contributed by atoms with Crippen molar-refractivity contribution in [3.8, 4) is 11.8 Å². The number of aromatic nitrogens is 4. The van der Waals surface area contributed by atoms with Gasteiger partial charge in [0.15, 0.2) is 5.82 Å². The summed E-state index contributed by atoms with van der Waals surface area (Å²) < 4.78 is 33.6. The van der Waals surface area contributed by atoms with Gasteiger partial charge in [-0.05, 0) is 30.2 Å². The van der Waals surface area contributed by atoms with Crippen LogP contribution in [-0.4, -0.2) is 102 Å². The van der Waals surface area contributed by atoms with Gasteiger partial charge in [0.2, 0.25) is 0 Å².